The van der Waals surface area contributed by atoms with Crippen LogP contribution >= 0.6 is 0 Å². The van der Waals surface area contributed by atoms with Gasteiger partial charge >= 0.3 is 0 Å². The molecule has 80 valence electrons. The Kier molecular flexibility index (Phi) is 3.69. The van der Waals surface area contributed by atoms with Crippen molar-refractivity contribution in [2.75, 3.05) is 20.6 Å². The highest BCUT2D eigenvalue weighted by atomic mass is 16.3. The molecule has 0 saturated heterocycles. The van der Waals surface area contributed by atoms with Crippen LogP contribution in [0.2, 0.25) is 0 Å². The van der Waals surface area contributed by atoms with E-state index in [-0.39, 0.29) is 6.54 Å². The second kappa shape index (κ2) is 4.59. The third-order valence-corrected chi connectivity index (χ3v) is 2.15. The summed E-state index contributed by atoms with van der Waals surface area (Å²) < 4.78 is 0. The topological polar surface area (TPSA) is 65.3 Å². The van der Waals surface area contributed by atoms with Gasteiger partial charge in [-0.15, -0.1) is 0 Å². The molecule has 0 spiro atoms. The summed E-state index contributed by atoms with van der Waals surface area (Å²) in [6, 6.07) is 2.05. The number of aryl methyl sites for hydroxylation is 1. The van der Waals surface area contributed by atoms with Crippen LogP contribution in [0.5, 0.6) is 0 Å². The van der Waals surface area contributed by atoms with Crippen LogP contribution in [0.4, 0.5) is 0 Å². The fourth-order valence-electron chi connectivity index (χ4n) is 1.54. The van der Waals surface area contributed by atoms with Gasteiger partial charge in [-0.05, 0) is 32.6 Å². The van der Waals surface area contributed by atoms with E-state index >= 15 is 0 Å². The van der Waals surface area contributed by atoms with Crippen LogP contribution in [0.3, 0.4) is 0 Å². The zero-order valence-electron chi connectivity index (χ0n) is 9.04. The van der Waals surface area contributed by atoms with Crippen LogP contribution in [0.1, 0.15) is 23.1 Å². The first-order valence-corrected chi connectivity index (χ1v) is 4.75. The Morgan fingerprint density at radius 2 is 2.21 bits per heavy atom. The van der Waals surface area contributed by atoms with Crippen molar-refractivity contribution in [2.45, 2.75) is 19.6 Å². The van der Waals surface area contributed by atoms with Crippen LogP contribution in [0.25, 0.3) is 0 Å². The number of nitrogens with two attached hydrogens (primary N) is 1. The summed E-state index contributed by atoms with van der Waals surface area (Å²) in [4.78, 5) is 5.27. The molecule has 0 bridgehead atoms. The Balaban J connectivity index is 2.82. The Bertz CT molecular complexity index is 294. The zero-order chi connectivity index (χ0) is 10.7. The SMILES string of the molecule is Cc1cc(CN(C)C)[nH]c1C(O)CN. The zero-order valence-corrected chi connectivity index (χ0v) is 9.04. The van der Waals surface area contributed by atoms with Crippen LogP contribution in [0, 0.1) is 6.92 Å². The Morgan fingerprint density at radius 3 is 2.71 bits per heavy atom. The number of aliphatic hydroxyl groups is 1. The van der Waals surface area contributed by atoms with E-state index in [1.54, 1.807) is 0 Å². The van der Waals surface area contributed by atoms with Gasteiger partial charge in [-0.1, -0.05) is 0 Å². The fourth-order valence-corrected chi connectivity index (χ4v) is 1.54. The number of aromatic amines is 1. The van der Waals surface area contributed by atoms with Gasteiger partial charge in [0.1, 0.15) is 6.10 Å². The molecule has 0 amide bonds. The second-order valence-corrected chi connectivity index (χ2v) is 3.88. The highest BCUT2D eigenvalue weighted by Crippen LogP contribution is 2.17. The fraction of sp³-hybridized carbons (Fsp3) is 0.600. The lowest BCUT2D eigenvalue weighted by Crippen LogP contribution is -2.14. The molecule has 1 unspecified atom stereocenters. The number of H-pyrrole nitrogens is 1. The summed E-state index contributed by atoms with van der Waals surface area (Å²) in [6.07, 6.45) is -0.578. The molecule has 4 N–H and O–H groups in total. The smallest absolute Gasteiger partial charge is 0.106 e. The Morgan fingerprint density at radius 1 is 1.57 bits per heavy atom. The summed E-state index contributed by atoms with van der Waals surface area (Å²) in [7, 11) is 4.02. The first kappa shape index (κ1) is 11.2. The maximum absolute atomic E-state index is 9.59. The number of hydrogen-bond acceptors (Lipinski definition) is 3. The largest absolute Gasteiger partial charge is 0.386 e. The predicted molar refractivity (Wildman–Crippen MR) is 56.9 cm³/mol. The monoisotopic (exact) mass is 197 g/mol. The highest BCUT2D eigenvalue weighted by Gasteiger charge is 2.11. The molecule has 14 heavy (non-hydrogen) atoms. The molecule has 0 aliphatic rings. The van der Waals surface area contributed by atoms with Gasteiger partial charge in [-0.3, -0.25) is 0 Å². The molecule has 1 atom stereocenters. The standard InChI is InChI=1S/C10H19N3O/c1-7-4-8(6-13(2)3)12-10(7)9(14)5-11/h4,9,12,14H,5-6,11H2,1-3H3. The minimum Gasteiger partial charge on any atom is -0.386 e. The van der Waals surface area contributed by atoms with Gasteiger partial charge in [0.25, 0.3) is 0 Å². The van der Waals surface area contributed by atoms with Crippen molar-refractivity contribution in [3.63, 3.8) is 0 Å². The van der Waals surface area contributed by atoms with Gasteiger partial charge in [-0.2, -0.15) is 0 Å². The van der Waals surface area contributed by atoms with Crippen molar-refractivity contribution >= 4 is 0 Å². The minimum absolute atomic E-state index is 0.253. The third-order valence-electron chi connectivity index (χ3n) is 2.15. The van der Waals surface area contributed by atoms with Crippen LogP contribution < -0.4 is 5.73 Å². The summed E-state index contributed by atoms with van der Waals surface area (Å²) in [5.74, 6) is 0. The normalized spacial score (nSPS) is 13.6. The van der Waals surface area contributed by atoms with Gasteiger partial charge in [0, 0.05) is 24.5 Å². The van der Waals surface area contributed by atoms with Crippen LogP contribution in [-0.4, -0.2) is 35.6 Å². The molecule has 0 saturated carbocycles. The molecule has 1 aromatic heterocycles. The first-order chi connectivity index (χ1) is 6.54. The van der Waals surface area contributed by atoms with Crippen LogP contribution in [-0.2, 0) is 6.54 Å². The molecule has 0 fully saturated rings. The van der Waals surface area contributed by atoms with Crippen molar-refractivity contribution in [1.29, 1.82) is 0 Å². The molecule has 1 heterocycles. The lowest BCUT2D eigenvalue weighted by Gasteiger charge is -2.08. The van der Waals surface area contributed by atoms with Crippen molar-refractivity contribution in [2.24, 2.45) is 5.73 Å². The molecule has 1 aromatic rings. The van der Waals surface area contributed by atoms with E-state index in [4.69, 9.17) is 5.73 Å². The van der Waals surface area contributed by atoms with Gasteiger partial charge in [-0.25, -0.2) is 0 Å². The maximum Gasteiger partial charge on any atom is 0.106 e. The average Bonchev–Trinajstić information content (AvgIpc) is 2.44. The average molecular weight is 197 g/mol. The van der Waals surface area contributed by atoms with Gasteiger partial charge < -0.3 is 20.7 Å². The first-order valence-electron chi connectivity index (χ1n) is 4.75. The van der Waals surface area contributed by atoms with Crippen LogP contribution in [0.15, 0.2) is 6.07 Å². The van der Waals surface area contributed by atoms with Gasteiger partial charge in [0.2, 0.25) is 0 Å². The van der Waals surface area contributed by atoms with E-state index in [0.29, 0.717) is 0 Å². The summed E-state index contributed by atoms with van der Waals surface area (Å²) in [5, 5.41) is 9.59. The quantitative estimate of drug-likeness (QED) is 0.653. The lowest BCUT2D eigenvalue weighted by molar-refractivity contribution is 0.181. The predicted octanol–water partition coefficient (Wildman–Crippen LogP) is 0.377. The van der Waals surface area contributed by atoms with E-state index in [0.717, 1.165) is 23.5 Å². The Labute approximate surface area is 84.7 Å². The molecule has 1 rings (SSSR count). The second-order valence-electron chi connectivity index (χ2n) is 3.88. The number of nitrogens with zero attached hydrogens (tertiary/aromatic N) is 1. The van der Waals surface area contributed by atoms with Crippen molar-refractivity contribution in [3.8, 4) is 0 Å². The molecule has 4 nitrogen and oxygen atoms in total. The van der Waals surface area contributed by atoms with E-state index in [2.05, 4.69) is 9.88 Å². The molecular formula is C10H19N3O. The van der Waals surface area contributed by atoms with E-state index in [1.165, 1.54) is 0 Å². The highest BCUT2D eigenvalue weighted by molar-refractivity contribution is 5.26. The molecule has 0 aromatic carbocycles. The van der Waals surface area contributed by atoms with Crippen molar-refractivity contribution < 1.29 is 5.11 Å². The number of aromatic nitrogens is 1. The van der Waals surface area contributed by atoms with E-state index < -0.39 is 6.10 Å². The summed E-state index contributed by atoms with van der Waals surface area (Å²) in [5.41, 5.74) is 8.42. The third kappa shape index (κ3) is 2.57. The maximum atomic E-state index is 9.59. The number of aliphatic hydroxyl groups excluding tert-OH is 1. The number of rotatable bonds is 4. The molecule has 4 heteroatoms. The number of hydrogen-bond donors (Lipinski definition) is 3. The molecule has 0 aliphatic heterocycles. The van der Waals surface area contributed by atoms with Gasteiger partial charge in [0.15, 0.2) is 0 Å². The van der Waals surface area contributed by atoms with Gasteiger partial charge in [0.05, 0.1) is 0 Å². The molecular weight excluding hydrogens is 178 g/mol. The van der Waals surface area contributed by atoms with E-state index in [1.807, 2.05) is 27.1 Å². The van der Waals surface area contributed by atoms with Crippen molar-refractivity contribution in [3.05, 3.63) is 23.0 Å². The summed E-state index contributed by atoms with van der Waals surface area (Å²) >= 11 is 0. The Hall–Kier alpha value is -0.840. The molecule has 0 radical (unpaired) electrons. The minimum atomic E-state index is -0.578. The van der Waals surface area contributed by atoms with E-state index in [9.17, 15) is 5.11 Å². The summed E-state index contributed by atoms with van der Waals surface area (Å²) in [6.45, 7) is 3.07. The number of nitrogens with one attached hydrogen (secondary N) is 1. The lowest BCUT2D eigenvalue weighted by atomic mass is 10.2. The molecule has 0 aliphatic carbocycles. The van der Waals surface area contributed by atoms with Crippen molar-refractivity contribution in [1.82, 2.24) is 9.88 Å².